The Labute approximate surface area is 118 Å². The average molecular weight is 309 g/mol. The van der Waals surface area contributed by atoms with Crippen LogP contribution in [0, 0.1) is 0 Å². The lowest BCUT2D eigenvalue weighted by Crippen LogP contribution is -2.48. The van der Waals surface area contributed by atoms with Crippen LogP contribution in [-0.2, 0) is 0 Å². The van der Waals surface area contributed by atoms with E-state index in [-0.39, 0.29) is 0 Å². The summed E-state index contributed by atoms with van der Waals surface area (Å²) >= 11 is 3.50. The highest BCUT2D eigenvalue weighted by Crippen LogP contribution is 2.41. The Bertz CT molecular complexity index is 403. The van der Waals surface area contributed by atoms with Crippen LogP contribution in [0.1, 0.15) is 44.2 Å². The van der Waals surface area contributed by atoms with E-state index >= 15 is 0 Å². The summed E-state index contributed by atoms with van der Waals surface area (Å²) in [5.41, 5.74) is 7.57. The van der Waals surface area contributed by atoms with Crippen LogP contribution in [0.15, 0.2) is 28.7 Å². The van der Waals surface area contributed by atoms with E-state index in [1.165, 1.54) is 31.2 Å². The highest BCUT2D eigenvalue weighted by molar-refractivity contribution is 9.10. The lowest BCUT2D eigenvalue weighted by molar-refractivity contribution is 0.0854. The maximum atomic E-state index is 6.14. The van der Waals surface area contributed by atoms with E-state index in [0.717, 1.165) is 4.47 Å². The zero-order chi connectivity index (χ0) is 12.7. The van der Waals surface area contributed by atoms with Crippen molar-refractivity contribution in [2.75, 3.05) is 0 Å². The smallest absolute Gasteiger partial charge is 0.0325 e. The molecule has 1 aromatic carbocycles. The fraction of sp³-hybridized carbons (Fsp3) is 0.600. The maximum absolute atomic E-state index is 6.14. The molecule has 2 aliphatic rings. The first-order chi connectivity index (χ1) is 8.65. The molecule has 0 aromatic heterocycles. The van der Waals surface area contributed by atoms with Crippen molar-refractivity contribution in [3.8, 4) is 0 Å². The van der Waals surface area contributed by atoms with E-state index in [1.54, 1.807) is 0 Å². The minimum atomic E-state index is 0.427. The molecule has 98 valence electrons. The first-order valence-corrected chi connectivity index (χ1v) is 7.73. The van der Waals surface area contributed by atoms with Gasteiger partial charge in [0.25, 0.3) is 0 Å². The summed E-state index contributed by atoms with van der Waals surface area (Å²) < 4.78 is 1.15. The summed E-state index contributed by atoms with van der Waals surface area (Å²) in [6.45, 7) is 2.34. The molecule has 2 aliphatic heterocycles. The van der Waals surface area contributed by atoms with Crippen molar-refractivity contribution in [1.82, 2.24) is 4.90 Å². The van der Waals surface area contributed by atoms with Gasteiger partial charge >= 0.3 is 0 Å². The van der Waals surface area contributed by atoms with Gasteiger partial charge in [0.15, 0.2) is 0 Å². The minimum Gasteiger partial charge on any atom is -0.328 e. The summed E-state index contributed by atoms with van der Waals surface area (Å²) in [6.07, 6.45) is 5.02. The van der Waals surface area contributed by atoms with Gasteiger partial charge < -0.3 is 5.73 Å². The van der Waals surface area contributed by atoms with Gasteiger partial charge in [-0.05, 0) is 50.3 Å². The third-order valence-electron chi connectivity index (χ3n) is 4.63. The molecule has 0 aliphatic carbocycles. The van der Waals surface area contributed by atoms with Gasteiger partial charge in [-0.1, -0.05) is 28.1 Å². The molecular weight excluding hydrogens is 288 g/mol. The van der Waals surface area contributed by atoms with Crippen LogP contribution in [0.5, 0.6) is 0 Å². The number of fused-ring (bicyclic) bond motifs is 2. The normalized spacial score (nSPS) is 33.6. The predicted octanol–water partition coefficient (Wildman–Crippen LogP) is 3.46. The molecule has 0 radical (unpaired) electrons. The van der Waals surface area contributed by atoms with Gasteiger partial charge in [-0.25, -0.2) is 0 Å². The molecule has 18 heavy (non-hydrogen) atoms. The molecule has 0 saturated carbocycles. The molecule has 2 heterocycles. The van der Waals surface area contributed by atoms with Gasteiger partial charge in [0.2, 0.25) is 0 Å². The van der Waals surface area contributed by atoms with Crippen LogP contribution >= 0.6 is 15.9 Å². The van der Waals surface area contributed by atoms with E-state index in [2.05, 4.69) is 52.0 Å². The Morgan fingerprint density at radius 3 is 2.28 bits per heavy atom. The number of nitrogens with two attached hydrogens (primary N) is 1. The molecule has 3 heteroatoms. The highest BCUT2D eigenvalue weighted by Gasteiger charge is 2.41. The molecule has 2 nitrogen and oxygen atoms in total. The number of hydrogen-bond donors (Lipinski definition) is 1. The van der Waals surface area contributed by atoms with Crippen LogP contribution in [-0.4, -0.2) is 23.0 Å². The molecule has 2 saturated heterocycles. The van der Waals surface area contributed by atoms with E-state index in [1.807, 2.05) is 0 Å². The summed E-state index contributed by atoms with van der Waals surface area (Å²) in [4.78, 5) is 2.71. The third kappa shape index (κ3) is 2.24. The van der Waals surface area contributed by atoms with E-state index in [9.17, 15) is 0 Å². The first-order valence-electron chi connectivity index (χ1n) is 6.93. The number of halogens is 1. The van der Waals surface area contributed by atoms with Gasteiger partial charge in [0.05, 0.1) is 0 Å². The van der Waals surface area contributed by atoms with Gasteiger partial charge in [-0.15, -0.1) is 0 Å². The molecule has 0 spiro atoms. The standard InChI is InChI=1S/C15H21BrN2/c1-10(11-2-4-12(16)5-3-11)18-14-6-7-15(18)9-13(17)8-14/h2-5,10,13-15H,6-9,17H2,1H3. The largest absolute Gasteiger partial charge is 0.328 e. The molecule has 2 fully saturated rings. The van der Waals surface area contributed by atoms with Crippen molar-refractivity contribution in [2.45, 2.75) is 56.8 Å². The lowest BCUT2D eigenvalue weighted by Gasteiger charge is -2.41. The Balaban J connectivity index is 1.81. The molecule has 0 amide bonds. The molecular formula is C15H21BrN2. The topological polar surface area (TPSA) is 29.3 Å². The van der Waals surface area contributed by atoms with E-state index in [4.69, 9.17) is 5.73 Å². The predicted molar refractivity (Wildman–Crippen MR) is 78.4 cm³/mol. The number of nitrogens with zero attached hydrogens (tertiary/aromatic N) is 1. The van der Waals surface area contributed by atoms with Gasteiger partial charge in [-0.2, -0.15) is 0 Å². The Morgan fingerprint density at radius 2 is 1.72 bits per heavy atom. The minimum absolute atomic E-state index is 0.427. The molecule has 3 atom stereocenters. The van der Waals surface area contributed by atoms with Gasteiger partial charge in [-0.3, -0.25) is 4.90 Å². The van der Waals surface area contributed by atoms with Gasteiger partial charge in [0, 0.05) is 28.6 Å². The zero-order valence-corrected chi connectivity index (χ0v) is 12.4. The van der Waals surface area contributed by atoms with Crippen molar-refractivity contribution in [3.05, 3.63) is 34.3 Å². The molecule has 2 N–H and O–H groups in total. The van der Waals surface area contributed by atoms with Crippen LogP contribution in [0.3, 0.4) is 0 Å². The number of rotatable bonds is 2. The van der Waals surface area contributed by atoms with Crippen LogP contribution in [0.25, 0.3) is 0 Å². The Kier molecular flexibility index (Phi) is 3.48. The summed E-state index contributed by atoms with van der Waals surface area (Å²) in [6, 6.07) is 11.1. The second-order valence-corrected chi connectivity index (χ2v) is 6.71. The molecule has 1 aromatic rings. The second-order valence-electron chi connectivity index (χ2n) is 5.79. The Morgan fingerprint density at radius 1 is 1.17 bits per heavy atom. The SMILES string of the molecule is CC(c1ccc(Br)cc1)N1C2CCC1CC(N)C2. The van der Waals surface area contributed by atoms with Crippen molar-refractivity contribution < 1.29 is 0 Å². The summed E-state index contributed by atoms with van der Waals surface area (Å²) in [5, 5.41) is 0. The third-order valence-corrected chi connectivity index (χ3v) is 5.15. The number of hydrogen-bond acceptors (Lipinski definition) is 2. The fourth-order valence-corrected chi connectivity index (χ4v) is 4.07. The fourth-order valence-electron chi connectivity index (χ4n) is 3.80. The summed E-state index contributed by atoms with van der Waals surface area (Å²) in [7, 11) is 0. The van der Waals surface area contributed by atoms with E-state index < -0.39 is 0 Å². The summed E-state index contributed by atoms with van der Waals surface area (Å²) in [5.74, 6) is 0. The van der Waals surface area contributed by atoms with Crippen LogP contribution in [0.4, 0.5) is 0 Å². The number of benzene rings is 1. The lowest BCUT2D eigenvalue weighted by atomic mass is 9.94. The molecule has 3 rings (SSSR count). The maximum Gasteiger partial charge on any atom is 0.0325 e. The Hall–Kier alpha value is -0.380. The van der Waals surface area contributed by atoms with E-state index in [0.29, 0.717) is 24.2 Å². The monoisotopic (exact) mass is 308 g/mol. The van der Waals surface area contributed by atoms with Crippen molar-refractivity contribution >= 4 is 15.9 Å². The van der Waals surface area contributed by atoms with Crippen molar-refractivity contribution in [2.24, 2.45) is 5.73 Å². The highest BCUT2D eigenvalue weighted by atomic mass is 79.9. The average Bonchev–Trinajstić information content (AvgIpc) is 2.62. The van der Waals surface area contributed by atoms with Crippen LogP contribution < -0.4 is 5.73 Å². The quantitative estimate of drug-likeness (QED) is 0.906. The number of piperidine rings is 1. The van der Waals surface area contributed by atoms with Gasteiger partial charge in [0.1, 0.15) is 0 Å². The molecule has 3 unspecified atom stereocenters. The zero-order valence-electron chi connectivity index (χ0n) is 10.8. The van der Waals surface area contributed by atoms with Crippen molar-refractivity contribution in [1.29, 1.82) is 0 Å². The van der Waals surface area contributed by atoms with Crippen LogP contribution in [0.2, 0.25) is 0 Å². The van der Waals surface area contributed by atoms with Crippen molar-refractivity contribution in [3.63, 3.8) is 0 Å². The second kappa shape index (κ2) is 4.95. The first kappa shape index (κ1) is 12.6. The molecule has 2 bridgehead atoms.